The van der Waals surface area contributed by atoms with Gasteiger partial charge in [0.25, 0.3) is 0 Å². The number of nitrogens with one attached hydrogen (secondary N) is 2. The van der Waals surface area contributed by atoms with Gasteiger partial charge in [0, 0.05) is 17.7 Å². The number of anilines is 1. The summed E-state index contributed by atoms with van der Waals surface area (Å²) < 4.78 is 0.671. The van der Waals surface area contributed by atoms with Gasteiger partial charge in [0.05, 0.1) is 16.8 Å². The molecule has 0 saturated carbocycles. The lowest BCUT2D eigenvalue weighted by Crippen LogP contribution is -2.16. The van der Waals surface area contributed by atoms with Gasteiger partial charge in [-0.2, -0.15) is 0 Å². The van der Waals surface area contributed by atoms with Crippen molar-refractivity contribution < 1.29 is 5.11 Å². The zero-order chi connectivity index (χ0) is 16.4. The van der Waals surface area contributed by atoms with E-state index in [1.165, 1.54) is 11.8 Å². The summed E-state index contributed by atoms with van der Waals surface area (Å²) >= 11 is 4.13. The Labute approximate surface area is 144 Å². The summed E-state index contributed by atoms with van der Waals surface area (Å²) in [7, 11) is 0. The molecule has 10 heteroatoms. The Kier molecular flexibility index (Phi) is 4.95. The van der Waals surface area contributed by atoms with Crippen LogP contribution in [0.25, 0.3) is 10.3 Å². The maximum absolute atomic E-state index is 11.6. The minimum absolute atomic E-state index is 0.174. The van der Waals surface area contributed by atoms with Crippen molar-refractivity contribution in [2.45, 2.75) is 30.9 Å². The predicted octanol–water partition coefficient (Wildman–Crippen LogP) is 2.23. The van der Waals surface area contributed by atoms with E-state index >= 15 is 0 Å². The number of H-pyrrole nitrogens is 1. The monoisotopic (exact) mass is 369 g/mol. The lowest BCUT2D eigenvalue weighted by atomic mass is 10.4. The Balaban J connectivity index is 1.86. The lowest BCUT2D eigenvalue weighted by molar-refractivity contribution is 0.208. The largest absolute Gasteiger partial charge is 0.392 e. The van der Waals surface area contributed by atoms with Gasteiger partial charge in [-0.15, -0.1) is 11.3 Å². The molecule has 1 unspecified atom stereocenters. The molecule has 122 valence electrons. The molecule has 0 aliphatic carbocycles. The summed E-state index contributed by atoms with van der Waals surface area (Å²) in [5, 5.41) is 16.1. The number of fused-ring (bicyclic) bond motifs is 1. The molecule has 0 aromatic carbocycles. The van der Waals surface area contributed by atoms with Gasteiger partial charge in [0.1, 0.15) is 4.70 Å². The van der Waals surface area contributed by atoms with Gasteiger partial charge in [-0.1, -0.05) is 23.1 Å². The van der Waals surface area contributed by atoms with E-state index in [4.69, 9.17) is 0 Å². The van der Waals surface area contributed by atoms with Crippen LogP contribution in [-0.2, 0) is 5.75 Å². The average molecular weight is 369 g/mol. The number of aryl methyl sites for hydroxylation is 1. The number of rotatable bonds is 6. The fourth-order valence-corrected chi connectivity index (χ4v) is 4.06. The molecule has 0 aliphatic rings. The first-order chi connectivity index (χ1) is 11.0. The number of aliphatic hydroxyl groups is 1. The molecule has 1 atom stereocenters. The topological polar surface area (TPSA) is 104 Å². The minimum Gasteiger partial charge on any atom is -0.392 e. The van der Waals surface area contributed by atoms with Crippen molar-refractivity contribution in [1.29, 1.82) is 0 Å². The van der Waals surface area contributed by atoms with E-state index in [1.807, 2.05) is 12.3 Å². The Morgan fingerprint density at radius 2 is 2.26 bits per heavy atom. The van der Waals surface area contributed by atoms with E-state index in [2.05, 4.69) is 25.3 Å². The first-order valence-corrected chi connectivity index (χ1v) is 9.56. The van der Waals surface area contributed by atoms with Gasteiger partial charge in [-0.3, -0.25) is 9.78 Å². The second-order valence-corrected chi connectivity index (χ2v) is 7.91. The first kappa shape index (κ1) is 16.4. The second-order valence-electron chi connectivity index (χ2n) is 4.92. The fraction of sp³-hybridized carbons (Fsp3) is 0.385. The number of aromatic nitrogens is 4. The van der Waals surface area contributed by atoms with Crippen LogP contribution in [-0.4, -0.2) is 37.7 Å². The molecule has 23 heavy (non-hydrogen) atoms. The molecule has 0 amide bonds. The standard InChI is InChI=1S/C13H15N5O2S3/c1-6(19)3-14-10-9-11(18-13(20)23-9)17-12(16-10)22-5-8-4-21-7(2)15-8/h4,6,19H,3,5H2,1-2H3,(H2,14,16,17,18,20). The van der Waals surface area contributed by atoms with Crippen LogP contribution in [0.5, 0.6) is 0 Å². The third kappa shape index (κ3) is 4.08. The van der Waals surface area contributed by atoms with E-state index in [0.717, 1.165) is 22.0 Å². The summed E-state index contributed by atoms with van der Waals surface area (Å²) in [4.78, 5) is 27.4. The molecule has 0 spiro atoms. The number of nitrogens with zero attached hydrogens (tertiary/aromatic N) is 3. The number of hydrogen-bond donors (Lipinski definition) is 3. The van der Waals surface area contributed by atoms with Crippen molar-refractivity contribution in [2.75, 3.05) is 11.9 Å². The molecule has 3 heterocycles. The summed E-state index contributed by atoms with van der Waals surface area (Å²) in [6, 6.07) is 0. The van der Waals surface area contributed by atoms with Gasteiger partial charge >= 0.3 is 4.87 Å². The summed E-state index contributed by atoms with van der Waals surface area (Å²) in [6.45, 7) is 4.01. The SMILES string of the molecule is Cc1nc(CSc2nc(NCC(C)O)c3sc(=O)[nH]c3n2)cs1. The van der Waals surface area contributed by atoms with Gasteiger partial charge in [-0.05, 0) is 13.8 Å². The van der Waals surface area contributed by atoms with Gasteiger partial charge in [0.15, 0.2) is 16.6 Å². The van der Waals surface area contributed by atoms with Gasteiger partial charge in [0.2, 0.25) is 0 Å². The molecule has 0 fully saturated rings. The zero-order valence-corrected chi connectivity index (χ0v) is 14.9. The molecule has 3 rings (SSSR count). The predicted molar refractivity (Wildman–Crippen MR) is 94.6 cm³/mol. The fourth-order valence-electron chi connectivity index (χ4n) is 1.87. The van der Waals surface area contributed by atoms with Crippen molar-refractivity contribution in [1.82, 2.24) is 19.9 Å². The molecule has 0 bridgehead atoms. The van der Waals surface area contributed by atoms with Gasteiger partial charge < -0.3 is 10.4 Å². The molecule has 0 radical (unpaired) electrons. The van der Waals surface area contributed by atoms with Crippen molar-refractivity contribution in [3.8, 4) is 0 Å². The van der Waals surface area contributed by atoms with Crippen molar-refractivity contribution in [3.63, 3.8) is 0 Å². The van der Waals surface area contributed by atoms with Crippen LogP contribution in [0.2, 0.25) is 0 Å². The van der Waals surface area contributed by atoms with Crippen molar-refractivity contribution >= 4 is 50.6 Å². The van der Waals surface area contributed by atoms with E-state index in [0.29, 0.717) is 33.6 Å². The van der Waals surface area contributed by atoms with E-state index in [9.17, 15) is 9.90 Å². The number of thioether (sulfide) groups is 1. The Bertz CT molecular complexity index is 870. The first-order valence-electron chi connectivity index (χ1n) is 6.88. The maximum atomic E-state index is 11.6. The maximum Gasteiger partial charge on any atom is 0.306 e. The Hall–Kier alpha value is -1.49. The van der Waals surface area contributed by atoms with Crippen LogP contribution in [0.4, 0.5) is 5.82 Å². The van der Waals surface area contributed by atoms with Crippen LogP contribution in [0.1, 0.15) is 17.6 Å². The van der Waals surface area contributed by atoms with Crippen LogP contribution >= 0.6 is 34.4 Å². The molecular weight excluding hydrogens is 354 g/mol. The van der Waals surface area contributed by atoms with E-state index in [-0.39, 0.29) is 4.87 Å². The highest BCUT2D eigenvalue weighted by atomic mass is 32.2. The van der Waals surface area contributed by atoms with Crippen molar-refractivity contribution in [2.24, 2.45) is 0 Å². The molecule has 0 saturated heterocycles. The smallest absolute Gasteiger partial charge is 0.306 e. The van der Waals surface area contributed by atoms with E-state index < -0.39 is 6.10 Å². The molecule has 0 aliphatic heterocycles. The van der Waals surface area contributed by atoms with Crippen molar-refractivity contribution in [3.05, 3.63) is 25.7 Å². The molecular formula is C13H15N5O2S3. The highest BCUT2D eigenvalue weighted by Gasteiger charge is 2.13. The zero-order valence-electron chi connectivity index (χ0n) is 12.5. The van der Waals surface area contributed by atoms with E-state index in [1.54, 1.807) is 18.3 Å². The third-order valence-corrected chi connectivity index (χ3v) is 5.42. The number of aromatic amines is 1. The molecule has 7 nitrogen and oxygen atoms in total. The molecule has 3 aromatic rings. The summed E-state index contributed by atoms with van der Waals surface area (Å²) in [6.07, 6.45) is -0.509. The number of aliphatic hydroxyl groups excluding tert-OH is 1. The Morgan fingerprint density at radius 1 is 1.43 bits per heavy atom. The lowest BCUT2D eigenvalue weighted by Gasteiger charge is -2.09. The second kappa shape index (κ2) is 6.95. The quantitative estimate of drug-likeness (QED) is 0.452. The summed E-state index contributed by atoms with van der Waals surface area (Å²) in [5.74, 6) is 1.23. The normalized spacial score (nSPS) is 12.7. The highest BCUT2D eigenvalue weighted by molar-refractivity contribution is 7.98. The van der Waals surface area contributed by atoms with Crippen LogP contribution < -0.4 is 10.2 Å². The molecule has 3 aromatic heterocycles. The average Bonchev–Trinajstić information content (AvgIpc) is 3.07. The van der Waals surface area contributed by atoms with Gasteiger partial charge in [-0.25, -0.2) is 15.0 Å². The minimum atomic E-state index is -0.509. The number of hydrogen-bond acceptors (Lipinski definition) is 9. The molecule has 3 N–H and O–H groups in total. The Morgan fingerprint density at radius 3 is 2.96 bits per heavy atom. The third-order valence-electron chi connectivity index (χ3n) is 2.84. The van der Waals surface area contributed by atoms with Crippen LogP contribution in [0.15, 0.2) is 15.3 Å². The van der Waals surface area contributed by atoms with Crippen LogP contribution in [0.3, 0.4) is 0 Å². The highest BCUT2D eigenvalue weighted by Crippen LogP contribution is 2.27. The summed E-state index contributed by atoms with van der Waals surface area (Å²) in [5.41, 5.74) is 1.50. The number of thiazole rings is 2. The van der Waals surface area contributed by atoms with Crippen LogP contribution in [0, 0.1) is 6.92 Å².